The Labute approximate surface area is 119 Å². The first-order valence-corrected chi connectivity index (χ1v) is 6.16. The van der Waals surface area contributed by atoms with Gasteiger partial charge in [-0.1, -0.05) is 30.3 Å². The monoisotopic (exact) mass is 287 g/mol. The fourth-order valence-electron chi connectivity index (χ4n) is 1.80. The number of nitrogens with zero attached hydrogens (tertiary/aromatic N) is 2. The molecule has 1 heterocycles. The largest absolute Gasteiger partial charge is 0.479 e. The van der Waals surface area contributed by atoms with E-state index in [4.69, 9.17) is 0 Å². The van der Waals surface area contributed by atoms with Crippen LogP contribution in [0.5, 0.6) is 0 Å². The van der Waals surface area contributed by atoms with Gasteiger partial charge in [-0.3, -0.25) is 9.36 Å². The predicted octanol–water partition coefficient (Wildman–Crippen LogP) is 0.185. The quantitative estimate of drug-likeness (QED) is 0.817. The molecule has 0 saturated carbocycles. The normalized spacial score (nSPS) is 11.6. The van der Waals surface area contributed by atoms with Gasteiger partial charge in [0.15, 0.2) is 6.04 Å². The Morgan fingerprint density at radius 1 is 1.24 bits per heavy atom. The lowest BCUT2D eigenvalue weighted by Crippen LogP contribution is -2.38. The number of aliphatic carboxylic acids is 1. The molecule has 0 fully saturated rings. The van der Waals surface area contributed by atoms with E-state index in [1.165, 1.54) is 18.5 Å². The molecule has 0 unspecified atom stereocenters. The van der Waals surface area contributed by atoms with Crippen molar-refractivity contribution in [2.24, 2.45) is 0 Å². The highest BCUT2D eigenvalue weighted by Gasteiger charge is 2.21. The van der Waals surface area contributed by atoms with Crippen molar-refractivity contribution in [2.75, 3.05) is 0 Å². The number of carboxylic acid groups (broad SMARTS) is 1. The van der Waals surface area contributed by atoms with Crippen LogP contribution in [-0.2, 0) is 16.1 Å². The van der Waals surface area contributed by atoms with E-state index < -0.39 is 23.6 Å². The number of hydrogen-bond donors (Lipinski definition) is 2. The zero-order chi connectivity index (χ0) is 15.2. The molecule has 0 bridgehead atoms. The molecular weight excluding hydrogens is 274 g/mol. The number of aromatic nitrogens is 2. The first-order chi connectivity index (χ1) is 10.1. The van der Waals surface area contributed by atoms with Gasteiger partial charge in [0.25, 0.3) is 0 Å². The van der Waals surface area contributed by atoms with Crippen LogP contribution in [0.4, 0.5) is 0 Å². The van der Waals surface area contributed by atoms with Crippen molar-refractivity contribution in [1.29, 1.82) is 0 Å². The van der Waals surface area contributed by atoms with Crippen molar-refractivity contribution < 1.29 is 14.7 Å². The average molecular weight is 287 g/mol. The first-order valence-electron chi connectivity index (χ1n) is 6.16. The van der Waals surface area contributed by atoms with Crippen molar-refractivity contribution in [2.45, 2.75) is 12.6 Å². The van der Waals surface area contributed by atoms with Gasteiger partial charge >= 0.3 is 11.7 Å². The van der Waals surface area contributed by atoms with Crippen LogP contribution in [0.25, 0.3) is 0 Å². The lowest BCUT2D eigenvalue weighted by Gasteiger charge is -2.15. The van der Waals surface area contributed by atoms with Gasteiger partial charge in [0, 0.05) is 12.4 Å². The Morgan fingerprint density at radius 3 is 2.57 bits per heavy atom. The zero-order valence-corrected chi connectivity index (χ0v) is 11.0. The van der Waals surface area contributed by atoms with Crippen molar-refractivity contribution in [3.8, 4) is 0 Å². The molecule has 0 saturated heterocycles. The average Bonchev–Trinajstić information content (AvgIpc) is 2.48. The second kappa shape index (κ2) is 6.47. The van der Waals surface area contributed by atoms with Crippen molar-refractivity contribution in [3.63, 3.8) is 0 Å². The third-order valence-corrected chi connectivity index (χ3v) is 2.78. The summed E-state index contributed by atoms with van der Waals surface area (Å²) in [7, 11) is 0. The number of hydrogen-bond acceptors (Lipinski definition) is 4. The van der Waals surface area contributed by atoms with E-state index in [1.54, 1.807) is 30.3 Å². The highest BCUT2D eigenvalue weighted by molar-refractivity contribution is 5.84. The molecule has 7 heteroatoms. The van der Waals surface area contributed by atoms with Crippen molar-refractivity contribution in [1.82, 2.24) is 14.9 Å². The highest BCUT2D eigenvalue weighted by Crippen LogP contribution is 2.12. The SMILES string of the molecule is O=C(Cn1cccnc1=O)N[C@H](C(=O)O)c1ccccc1. The summed E-state index contributed by atoms with van der Waals surface area (Å²) in [5.74, 6) is -1.76. The summed E-state index contributed by atoms with van der Waals surface area (Å²) in [6.45, 7) is -0.288. The van der Waals surface area contributed by atoms with E-state index in [9.17, 15) is 19.5 Å². The maximum absolute atomic E-state index is 11.9. The lowest BCUT2D eigenvalue weighted by atomic mass is 10.1. The van der Waals surface area contributed by atoms with E-state index in [1.807, 2.05) is 0 Å². The van der Waals surface area contributed by atoms with Crippen LogP contribution in [0.2, 0.25) is 0 Å². The van der Waals surface area contributed by atoms with Crippen LogP contribution < -0.4 is 11.0 Å². The minimum atomic E-state index is -1.17. The number of carbonyl (C=O) groups is 2. The van der Waals surface area contributed by atoms with E-state index in [2.05, 4.69) is 10.3 Å². The second-order valence-electron chi connectivity index (χ2n) is 4.28. The Bertz CT molecular complexity index is 697. The molecule has 1 aromatic carbocycles. The third-order valence-electron chi connectivity index (χ3n) is 2.78. The van der Waals surface area contributed by atoms with Gasteiger partial charge in [0.1, 0.15) is 6.54 Å². The van der Waals surface area contributed by atoms with Crippen LogP contribution in [0, 0.1) is 0 Å². The summed E-state index contributed by atoms with van der Waals surface area (Å²) < 4.78 is 1.10. The zero-order valence-electron chi connectivity index (χ0n) is 11.0. The summed E-state index contributed by atoms with van der Waals surface area (Å²) >= 11 is 0. The van der Waals surface area contributed by atoms with Gasteiger partial charge in [-0.15, -0.1) is 0 Å². The van der Waals surface area contributed by atoms with Crippen LogP contribution in [-0.4, -0.2) is 26.5 Å². The molecule has 0 spiro atoms. The first kappa shape index (κ1) is 14.4. The molecule has 2 N–H and O–H groups in total. The Hall–Kier alpha value is -2.96. The fraction of sp³-hybridized carbons (Fsp3) is 0.143. The smallest absolute Gasteiger partial charge is 0.347 e. The minimum absolute atomic E-state index is 0.288. The fourth-order valence-corrected chi connectivity index (χ4v) is 1.80. The second-order valence-corrected chi connectivity index (χ2v) is 4.28. The van der Waals surface area contributed by atoms with Crippen LogP contribution >= 0.6 is 0 Å². The number of rotatable bonds is 5. The molecule has 0 aliphatic heterocycles. The third kappa shape index (κ3) is 3.75. The van der Waals surface area contributed by atoms with Gasteiger partial charge in [-0.25, -0.2) is 14.6 Å². The maximum Gasteiger partial charge on any atom is 0.347 e. The molecule has 2 rings (SSSR count). The molecule has 1 aromatic heterocycles. The predicted molar refractivity (Wildman–Crippen MR) is 73.5 cm³/mol. The minimum Gasteiger partial charge on any atom is -0.479 e. The van der Waals surface area contributed by atoms with E-state index >= 15 is 0 Å². The lowest BCUT2D eigenvalue weighted by molar-refractivity contribution is -0.142. The molecule has 0 radical (unpaired) electrons. The molecule has 0 aliphatic rings. The van der Waals surface area contributed by atoms with Gasteiger partial charge in [-0.2, -0.15) is 0 Å². The number of benzene rings is 1. The number of carbonyl (C=O) groups excluding carboxylic acids is 1. The topological polar surface area (TPSA) is 101 Å². The standard InChI is InChI=1S/C14H13N3O4/c18-11(9-17-8-4-7-15-14(17)21)16-12(13(19)20)10-5-2-1-3-6-10/h1-8,12H,9H2,(H,16,18)(H,19,20)/t12-/m0/s1. The summed E-state index contributed by atoms with van der Waals surface area (Å²) in [6, 6.07) is 8.68. The summed E-state index contributed by atoms with van der Waals surface area (Å²) in [5.41, 5.74) is -0.115. The Kier molecular flexibility index (Phi) is 4.45. The summed E-state index contributed by atoms with van der Waals surface area (Å²) in [6.07, 6.45) is 2.73. The van der Waals surface area contributed by atoms with E-state index in [0.29, 0.717) is 5.56 Å². The number of amides is 1. The molecule has 21 heavy (non-hydrogen) atoms. The van der Waals surface area contributed by atoms with E-state index in [0.717, 1.165) is 4.57 Å². The van der Waals surface area contributed by atoms with E-state index in [-0.39, 0.29) is 6.54 Å². The Morgan fingerprint density at radius 2 is 1.95 bits per heavy atom. The van der Waals surface area contributed by atoms with Crippen molar-refractivity contribution >= 4 is 11.9 Å². The van der Waals surface area contributed by atoms with Gasteiger partial charge in [-0.05, 0) is 11.6 Å². The van der Waals surface area contributed by atoms with Gasteiger partial charge < -0.3 is 10.4 Å². The summed E-state index contributed by atoms with van der Waals surface area (Å²) in [5, 5.41) is 11.6. The Balaban J connectivity index is 2.11. The number of carboxylic acids is 1. The van der Waals surface area contributed by atoms with Crippen molar-refractivity contribution in [3.05, 3.63) is 64.8 Å². The molecule has 7 nitrogen and oxygen atoms in total. The van der Waals surface area contributed by atoms with Crippen LogP contribution in [0.15, 0.2) is 53.6 Å². The number of nitrogens with one attached hydrogen (secondary N) is 1. The highest BCUT2D eigenvalue weighted by atomic mass is 16.4. The molecule has 2 aromatic rings. The molecule has 108 valence electrons. The molecular formula is C14H13N3O4. The molecule has 1 atom stereocenters. The maximum atomic E-state index is 11.9. The molecule has 1 amide bonds. The van der Waals surface area contributed by atoms with Gasteiger partial charge in [0.05, 0.1) is 0 Å². The van der Waals surface area contributed by atoms with Gasteiger partial charge in [0.2, 0.25) is 5.91 Å². The van der Waals surface area contributed by atoms with Crippen LogP contribution in [0.1, 0.15) is 11.6 Å². The van der Waals surface area contributed by atoms with Crippen LogP contribution in [0.3, 0.4) is 0 Å². The molecule has 0 aliphatic carbocycles. The summed E-state index contributed by atoms with van der Waals surface area (Å²) in [4.78, 5) is 38.1.